The fraction of sp³-hybridized carbons (Fsp3) is 0.375. The van der Waals surface area contributed by atoms with Gasteiger partial charge in [-0.1, -0.05) is 0 Å². The number of H-pyrrole nitrogens is 1. The van der Waals surface area contributed by atoms with Crippen LogP contribution in [0, 0.1) is 0 Å². The van der Waals surface area contributed by atoms with E-state index in [9.17, 15) is 9.59 Å². The maximum Gasteiger partial charge on any atom is 0.319 e. The molecule has 1 aliphatic heterocycles. The lowest BCUT2D eigenvalue weighted by Crippen LogP contribution is -2.36. The van der Waals surface area contributed by atoms with E-state index in [0.717, 1.165) is 19.4 Å². The summed E-state index contributed by atoms with van der Waals surface area (Å²) >= 11 is 0. The van der Waals surface area contributed by atoms with Crippen LogP contribution in [0.1, 0.15) is 12.8 Å². The first kappa shape index (κ1) is 15.4. The van der Waals surface area contributed by atoms with Gasteiger partial charge in [0.05, 0.1) is 18.6 Å². The molecule has 0 bridgehead atoms. The van der Waals surface area contributed by atoms with Crippen LogP contribution < -0.4 is 20.8 Å². The Balaban J connectivity index is 1.73. The summed E-state index contributed by atoms with van der Waals surface area (Å²) in [5.41, 5.74) is 0.613. The number of nitrogens with one attached hydrogen (secondary N) is 3. The summed E-state index contributed by atoms with van der Waals surface area (Å²) in [6.45, 7) is 1.17. The average molecular weight is 317 g/mol. The van der Waals surface area contributed by atoms with Crippen LogP contribution in [0.3, 0.4) is 0 Å². The Labute approximate surface area is 133 Å². The van der Waals surface area contributed by atoms with Crippen LogP contribution in [0.25, 0.3) is 10.9 Å². The van der Waals surface area contributed by atoms with E-state index in [1.807, 2.05) is 0 Å². The third-order valence-electron chi connectivity index (χ3n) is 3.85. The molecule has 3 N–H and O–H groups in total. The normalized spacial score (nSPS) is 17.2. The zero-order valence-corrected chi connectivity index (χ0v) is 12.8. The van der Waals surface area contributed by atoms with Crippen molar-refractivity contribution >= 4 is 22.6 Å². The third-order valence-corrected chi connectivity index (χ3v) is 3.85. The molecule has 1 saturated heterocycles. The van der Waals surface area contributed by atoms with E-state index in [1.165, 1.54) is 13.3 Å². The number of anilines is 1. The minimum absolute atomic E-state index is 0.0555. The van der Waals surface area contributed by atoms with Gasteiger partial charge in [0.25, 0.3) is 0 Å². The molecule has 23 heavy (non-hydrogen) atoms. The van der Waals surface area contributed by atoms with Gasteiger partial charge in [0.1, 0.15) is 11.4 Å². The molecule has 1 atom stereocenters. The van der Waals surface area contributed by atoms with Gasteiger partial charge in [0, 0.05) is 24.9 Å². The second-order valence-corrected chi connectivity index (χ2v) is 5.41. The lowest BCUT2D eigenvalue weighted by Gasteiger charge is -2.12. The summed E-state index contributed by atoms with van der Waals surface area (Å²) in [5, 5.41) is 5.75. The molecule has 0 radical (unpaired) electrons. The van der Waals surface area contributed by atoms with Crippen LogP contribution in [-0.2, 0) is 4.74 Å². The summed E-state index contributed by atoms with van der Waals surface area (Å²) in [7, 11) is 1.54. The summed E-state index contributed by atoms with van der Waals surface area (Å²) in [6, 6.07) is 4.74. The first-order valence-electron chi connectivity index (χ1n) is 7.53. The predicted octanol–water partition coefficient (Wildman–Crippen LogP) is 1.84. The molecule has 1 aromatic heterocycles. The number of hydrogen-bond acceptors (Lipinski definition) is 4. The third kappa shape index (κ3) is 3.45. The Morgan fingerprint density at radius 3 is 3.09 bits per heavy atom. The van der Waals surface area contributed by atoms with Crippen LogP contribution >= 0.6 is 0 Å². The van der Waals surface area contributed by atoms with E-state index in [2.05, 4.69) is 15.6 Å². The molecule has 1 fully saturated rings. The number of carbonyl (C=O) groups is 1. The number of amides is 2. The molecular weight excluding hydrogens is 298 g/mol. The molecule has 0 aliphatic carbocycles. The van der Waals surface area contributed by atoms with Crippen molar-refractivity contribution < 1.29 is 14.3 Å². The topological polar surface area (TPSA) is 92.4 Å². The Kier molecular flexibility index (Phi) is 4.47. The molecule has 0 unspecified atom stereocenters. The van der Waals surface area contributed by atoms with Crippen molar-refractivity contribution in [3.05, 3.63) is 34.6 Å². The van der Waals surface area contributed by atoms with Crippen molar-refractivity contribution in [2.24, 2.45) is 0 Å². The highest BCUT2D eigenvalue weighted by atomic mass is 16.5. The van der Waals surface area contributed by atoms with Crippen molar-refractivity contribution in [3.8, 4) is 5.75 Å². The highest BCUT2D eigenvalue weighted by Gasteiger charge is 2.16. The van der Waals surface area contributed by atoms with E-state index in [1.54, 1.807) is 18.2 Å². The number of urea groups is 1. The second kappa shape index (κ2) is 6.70. The van der Waals surface area contributed by atoms with Crippen molar-refractivity contribution in [2.45, 2.75) is 18.9 Å². The van der Waals surface area contributed by atoms with E-state index >= 15 is 0 Å². The molecule has 122 valence electrons. The molecule has 0 spiro atoms. The van der Waals surface area contributed by atoms with Crippen molar-refractivity contribution in [1.29, 1.82) is 0 Å². The molecular formula is C16H19N3O4. The Bertz CT molecular complexity index is 765. The highest BCUT2D eigenvalue weighted by Crippen LogP contribution is 2.17. The smallest absolute Gasteiger partial charge is 0.319 e. The summed E-state index contributed by atoms with van der Waals surface area (Å²) < 4.78 is 10.6. The van der Waals surface area contributed by atoms with E-state index in [-0.39, 0.29) is 17.2 Å². The molecule has 2 heterocycles. The van der Waals surface area contributed by atoms with E-state index in [4.69, 9.17) is 9.47 Å². The number of carbonyl (C=O) groups excluding carboxylic acids is 1. The largest absolute Gasteiger partial charge is 0.497 e. The van der Waals surface area contributed by atoms with Crippen LogP contribution in [0.4, 0.5) is 10.5 Å². The fourth-order valence-corrected chi connectivity index (χ4v) is 2.60. The minimum atomic E-state index is -0.423. The number of ether oxygens (including phenoxy) is 2. The number of benzene rings is 1. The van der Waals surface area contributed by atoms with E-state index in [0.29, 0.717) is 23.2 Å². The quantitative estimate of drug-likeness (QED) is 0.802. The van der Waals surface area contributed by atoms with Crippen molar-refractivity contribution in [2.75, 3.05) is 25.6 Å². The van der Waals surface area contributed by atoms with Gasteiger partial charge in [-0.2, -0.15) is 0 Å². The van der Waals surface area contributed by atoms with Crippen LogP contribution in [0.5, 0.6) is 5.75 Å². The number of fused-ring (bicyclic) bond motifs is 1. The lowest BCUT2D eigenvalue weighted by atomic mass is 10.2. The zero-order valence-electron chi connectivity index (χ0n) is 12.8. The van der Waals surface area contributed by atoms with Gasteiger partial charge in [0.15, 0.2) is 0 Å². The number of aromatic nitrogens is 1. The number of pyridine rings is 1. The SMILES string of the molecule is COc1ccc2[nH]cc(NC(=O)NC[C@H]3CCCO3)c(=O)c2c1. The minimum Gasteiger partial charge on any atom is -0.497 e. The second-order valence-electron chi connectivity index (χ2n) is 5.41. The first-order valence-corrected chi connectivity index (χ1v) is 7.53. The molecule has 0 saturated carbocycles. The monoisotopic (exact) mass is 317 g/mol. The van der Waals surface area contributed by atoms with Gasteiger partial charge >= 0.3 is 6.03 Å². The highest BCUT2D eigenvalue weighted by molar-refractivity contribution is 5.92. The Morgan fingerprint density at radius 2 is 2.35 bits per heavy atom. The fourth-order valence-electron chi connectivity index (χ4n) is 2.60. The summed E-state index contributed by atoms with van der Waals surface area (Å²) in [4.78, 5) is 27.4. The Morgan fingerprint density at radius 1 is 1.48 bits per heavy atom. The maximum atomic E-state index is 12.4. The molecule has 7 heteroatoms. The van der Waals surface area contributed by atoms with E-state index < -0.39 is 6.03 Å². The van der Waals surface area contributed by atoms with Gasteiger partial charge in [-0.3, -0.25) is 4.79 Å². The van der Waals surface area contributed by atoms with Gasteiger partial charge in [-0.25, -0.2) is 4.79 Å². The number of aromatic amines is 1. The number of rotatable bonds is 4. The van der Waals surface area contributed by atoms with Crippen LogP contribution in [0.15, 0.2) is 29.2 Å². The van der Waals surface area contributed by atoms with Gasteiger partial charge in [0.2, 0.25) is 5.43 Å². The van der Waals surface area contributed by atoms with Gasteiger partial charge < -0.3 is 25.1 Å². The summed E-state index contributed by atoms with van der Waals surface area (Å²) in [5.74, 6) is 0.586. The lowest BCUT2D eigenvalue weighted by molar-refractivity contribution is 0.112. The predicted molar refractivity (Wildman–Crippen MR) is 87.1 cm³/mol. The zero-order chi connectivity index (χ0) is 16.2. The first-order chi connectivity index (χ1) is 11.2. The standard InChI is InChI=1S/C16H19N3O4/c1-22-10-4-5-13-12(7-10)15(20)14(9-17-13)19-16(21)18-8-11-3-2-6-23-11/h4-5,7,9,11H,2-3,6,8H2,1H3,(H,17,20)(H2,18,19,21)/t11-/m1/s1. The van der Waals surface area contributed by atoms with Gasteiger partial charge in [-0.15, -0.1) is 0 Å². The molecule has 7 nitrogen and oxygen atoms in total. The van der Waals surface area contributed by atoms with Crippen molar-refractivity contribution in [3.63, 3.8) is 0 Å². The maximum absolute atomic E-state index is 12.4. The van der Waals surface area contributed by atoms with Crippen molar-refractivity contribution in [1.82, 2.24) is 10.3 Å². The summed E-state index contributed by atoms with van der Waals surface area (Å²) in [6.07, 6.45) is 3.50. The molecule has 2 aromatic rings. The van der Waals surface area contributed by atoms with Gasteiger partial charge in [-0.05, 0) is 31.0 Å². The molecule has 2 amide bonds. The van der Waals surface area contributed by atoms with Crippen LogP contribution in [0.2, 0.25) is 0 Å². The number of methoxy groups -OCH3 is 1. The average Bonchev–Trinajstić information content (AvgIpc) is 3.09. The molecule has 3 rings (SSSR count). The van der Waals surface area contributed by atoms with Crippen LogP contribution in [-0.4, -0.2) is 37.4 Å². The molecule has 1 aromatic carbocycles. The Hall–Kier alpha value is -2.54. The number of hydrogen-bond donors (Lipinski definition) is 3. The molecule has 1 aliphatic rings.